The highest BCUT2D eigenvalue weighted by atomic mass is 32.1. The number of alkyl halides is 2. The Morgan fingerprint density at radius 2 is 1.95 bits per heavy atom. The minimum atomic E-state index is -2.44. The third-order valence-corrected chi connectivity index (χ3v) is 5.44. The predicted molar refractivity (Wildman–Crippen MR) is 83.1 cm³/mol. The van der Waals surface area contributed by atoms with E-state index >= 15 is 0 Å². The van der Waals surface area contributed by atoms with Crippen molar-refractivity contribution < 1.29 is 13.5 Å². The van der Waals surface area contributed by atoms with E-state index in [2.05, 4.69) is 9.88 Å². The number of anilines is 1. The summed E-state index contributed by atoms with van der Waals surface area (Å²) in [6.45, 7) is 2.40. The minimum Gasteiger partial charge on any atom is -0.375 e. The van der Waals surface area contributed by atoms with Crippen molar-refractivity contribution in [2.45, 2.75) is 63.2 Å². The summed E-state index contributed by atoms with van der Waals surface area (Å²) < 4.78 is 32.3. The first-order chi connectivity index (χ1) is 10.5. The van der Waals surface area contributed by atoms with Crippen LogP contribution in [0.2, 0.25) is 0 Å². The van der Waals surface area contributed by atoms with Crippen molar-refractivity contribution in [1.82, 2.24) is 9.88 Å². The first kappa shape index (κ1) is 16.1. The molecule has 0 spiro atoms. The van der Waals surface area contributed by atoms with Crippen LogP contribution in [0.15, 0.2) is 5.38 Å². The van der Waals surface area contributed by atoms with Gasteiger partial charge in [0.1, 0.15) is 0 Å². The molecule has 2 fully saturated rings. The Balaban J connectivity index is 1.39. The van der Waals surface area contributed by atoms with E-state index in [0.717, 1.165) is 31.6 Å². The van der Waals surface area contributed by atoms with Crippen molar-refractivity contribution in [3.63, 3.8) is 0 Å². The van der Waals surface area contributed by atoms with Gasteiger partial charge in [0, 0.05) is 37.4 Å². The smallest absolute Gasteiger partial charge is 0.248 e. The fraction of sp³-hybridized carbons (Fsp3) is 0.800. The first-order valence-electron chi connectivity index (χ1n) is 7.95. The molecule has 0 atom stereocenters. The summed E-state index contributed by atoms with van der Waals surface area (Å²) in [6.07, 6.45) is 3.49. The SMILES string of the molecule is Nc1nc(COC2CCN(C3CCC(F)(F)CC3)CC2)cs1. The molecule has 7 heteroatoms. The first-order valence-corrected chi connectivity index (χ1v) is 8.83. The second-order valence-corrected chi connectivity index (χ2v) is 7.20. The molecule has 2 heterocycles. The van der Waals surface area contributed by atoms with Crippen LogP contribution in [0.5, 0.6) is 0 Å². The second kappa shape index (κ2) is 6.76. The van der Waals surface area contributed by atoms with Crippen LogP contribution in [-0.4, -0.2) is 41.0 Å². The molecule has 0 aromatic carbocycles. The van der Waals surface area contributed by atoms with Crippen LogP contribution in [0.25, 0.3) is 0 Å². The van der Waals surface area contributed by atoms with Crippen LogP contribution in [0.4, 0.5) is 13.9 Å². The van der Waals surface area contributed by atoms with Gasteiger partial charge in [-0.15, -0.1) is 11.3 Å². The minimum absolute atomic E-state index is 0.0410. The van der Waals surface area contributed by atoms with Gasteiger partial charge in [0.2, 0.25) is 5.92 Å². The maximum absolute atomic E-state index is 13.2. The second-order valence-electron chi connectivity index (χ2n) is 6.31. The van der Waals surface area contributed by atoms with Crippen molar-refractivity contribution in [3.8, 4) is 0 Å². The van der Waals surface area contributed by atoms with Crippen molar-refractivity contribution in [1.29, 1.82) is 0 Å². The number of nitrogens with two attached hydrogens (primary N) is 1. The van der Waals surface area contributed by atoms with Crippen molar-refractivity contribution in [2.24, 2.45) is 0 Å². The Hall–Kier alpha value is -0.790. The summed E-state index contributed by atoms with van der Waals surface area (Å²) in [5.74, 6) is -2.44. The molecule has 1 saturated carbocycles. The van der Waals surface area contributed by atoms with Crippen LogP contribution < -0.4 is 5.73 Å². The third-order valence-electron chi connectivity index (χ3n) is 4.72. The lowest BCUT2D eigenvalue weighted by molar-refractivity contribution is -0.0649. The lowest BCUT2D eigenvalue weighted by Gasteiger charge is -2.40. The standard InChI is InChI=1S/C15H23F2N3OS/c16-15(17)5-1-12(2-6-15)20-7-3-13(4-8-20)21-9-11-10-22-14(18)19-11/h10,12-13H,1-9H2,(H2,18,19). The fourth-order valence-electron chi connectivity index (χ4n) is 3.39. The molecule has 1 saturated heterocycles. The molecule has 22 heavy (non-hydrogen) atoms. The highest BCUT2D eigenvalue weighted by Crippen LogP contribution is 2.36. The van der Waals surface area contributed by atoms with E-state index in [1.54, 1.807) is 0 Å². The number of thiazole rings is 1. The zero-order valence-corrected chi connectivity index (χ0v) is 13.5. The highest BCUT2D eigenvalue weighted by Gasteiger charge is 2.37. The number of aromatic nitrogens is 1. The number of ether oxygens (including phenoxy) is 1. The molecule has 0 radical (unpaired) electrons. The van der Waals surface area contributed by atoms with Gasteiger partial charge in [0.25, 0.3) is 0 Å². The van der Waals surface area contributed by atoms with Crippen molar-refractivity contribution in [3.05, 3.63) is 11.1 Å². The molecule has 1 aromatic heterocycles. The van der Waals surface area contributed by atoms with Gasteiger partial charge in [-0.05, 0) is 25.7 Å². The molecule has 1 aliphatic heterocycles. The van der Waals surface area contributed by atoms with Crippen molar-refractivity contribution >= 4 is 16.5 Å². The monoisotopic (exact) mass is 331 g/mol. The maximum Gasteiger partial charge on any atom is 0.248 e. The Labute approximate surface area is 133 Å². The van der Waals surface area contributed by atoms with Gasteiger partial charge in [-0.3, -0.25) is 0 Å². The summed E-state index contributed by atoms with van der Waals surface area (Å²) in [5, 5.41) is 2.50. The van der Waals surface area contributed by atoms with Crippen LogP contribution in [0, 0.1) is 0 Å². The molecule has 0 bridgehead atoms. The largest absolute Gasteiger partial charge is 0.375 e. The number of hydrogen-bond donors (Lipinski definition) is 1. The van der Waals surface area contributed by atoms with E-state index in [0.29, 0.717) is 30.6 Å². The van der Waals surface area contributed by atoms with E-state index in [4.69, 9.17) is 10.5 Å². The van der Waals surface area contributed by atoms with Gasteiger partial charge in [-0.1, -0.05) is 0 Å². The van der Waals surface area contributed by atoms with Crippen molar-refractivity contribution in [2.75, 3.05) is 18.8 Å². The Kier molecular flexibility index (Phi) is 4.94. The topological polar surface area (TPSA) is 51.4 Å². The molecular weight excluding hydrogens is 308 g/mol. The van der Waals surface area contributed by atoms with E-state index < -0.39 is 5.92 Å². The normalized spacial score (nSPS) is 24.6. The number of rotatable bonds is 4. The molecule has 1 aliphatic carbocycles. The van der Waals surface area contributed by atoms with E-state index in [9.17, 15) is 8.78 Å². The molecule has 3 rings (SSSR count). The van der Waals surface area contributed by atoms with E-state index in [-0.39, 0.29) is 18.9 Å². The summed E-state index contributed by atoms with van der Waals surface area (Å²) in [5.41, 5.74) is 6.49. The maximum atomic E-state index is 13.2. The van der Waals surface area contributed by atoms with Crippen LogP contribution in [0.3, 0.4) is 0 Å². The number of nitrogen functional groups attached to an aromatic ring is 1. The quantitative estimate of drug-likeness (QED) is 0.920. The summed E-state index contributed by atoms with van der Waals surface area (Å²) in [6, 6.07) is 0.332. The molecule has 2 aliphatic rings. The van der Waals surface area contributed by atoms with E-state index in [1.807, 2.05) is 5.38 Å². The molecule has 0 unspecified atom stereocenters. The van der Waals surface area contributed by atoms with Gasteiger partial charge < -0.3 is 15.4 Å². The summed E-state index contributed by atoms with van der Waals surface area (Å²) in [4.78, 5) is 6.56. The van der Waals surface area contributed by atoms with Gasteiger partial charge in [0.05, 0.1) is 18.4 Å². The van der Waals surface area contributed by atoms with Gasteiger partial charge in [-0.25, -0.2) is 13.8 Å². The average molecular weight is 331 g/mol. The number of likely N-dealkylation sites (tertiary alicyclic amines) is 1. The third kappa shape index (κ3) is 4.14. The molecule has 124 valence electrons. The Morgan fingerprint density at radius 1 is 1.27 bits per heavy atom. The zero-order valence-electron chi connectivity index (χ0n) is 12.6. The number of hydrogen-bond acceptors (Lipinski definition) is 5. The van der Waals surface area contributed by atoms with Gasteiger partial charge in [0.15, 0.2) is 5.13 Å². The van der Waals surface area contributed by atoms with Crippen LogP contribution >= 0.6 is 11.3 Å². The highest BCUT2D eigenvalue weighted by molar-refractivity contribution is 7.13. The Morgan fingerprint density at radius 3 is 2.55 bits per heavy atom. The Bertz CT molecular complexity index is 479. The lowest BCUT2D eigenvalue weighted by Crippen LogP contribution is -2.46. The van der Waals surface area contributed by atoms with Crippen LogP contribution in [0.1, 0.15) is 44.2 Å². The molecule has 4 nitrogen and oxygen atoms in total. The average Bonchev–Trinajstić information content (AvgIpc) is 2.91. The molecular formula is C15H23F2N3OS. The van der Waals surface area contributed by atoms with E-state index in [1.165, 1.54) is 11.3 Å². The summed E-state index contributed by atoms with van der Waals surface area (Å²) in [7, 11) is 0. The van der Waals surface area contributed by atoms with Gasteiger partial charge in [-0.2, -0.15) is 0 Å². The number of piperidine rings is 1. The van der Waals surface area contributed by atoms with Gasteiger partial charge >= 0.3 is 0 Å². The summed E-state index contributed by atoms with van der Waals surface area (Å²) >= 11 is 1.43. The number of halogens is 2. The molecule has 0 amide bonds. The molecule has 1 aromatic rings. The fourth-order valence-corrected chi connectivity index (χ4v) is 3.94. The predicted octanol–water partition coefficient (Wildman–Crippen LogP) is 3.28. The lowest BCUT2D eigenvalue weighted by atomic mass is 9.90. The number of nitrogens with zero attached hydrogens (tertiary/aromatic N) is 2. The van der Waals surface area contributed by atoms with Crippen LogP contribution in [-0.2, 0) is 11.3 Å². The zero-order chi connectivity index (χ0) is 15.6. The molecule has 2 N–H and O–H groups in total.